The van der Waals surface area contributed by atoms with Crippen LogP contribution in [0.4, 0.5) is 0 Å². The number of aliphatic carboxylic acids is 1. The van der Waals surface area contributed by atoms with E-state index in [1.807, 2.05) is 0 Å². The maximum Gasteiger partial charge on any atom is 0.472 e. The van der Waals surface area contributed by atoms with Crippen molar-refractivity contribution in [2.24, 2.45) is 5.73 Å². The van der Waals surface area contributed by atoms with Crippen LogP contribution in [-0.2, 0) is 32.7 Å². The zero-order chi connectivity index (χ0) is 44.0. The van der Waals surface area contributed by atoms with Crippen molar-refractivity contribution in [2.75, 3.05) is 26.4 Å². The summed E-state index contributed by atoms with van der Waals surface area (Å²) >= 11 is 0. The largest absolute Gasteiger partial charge is 0.480 e. The predicted octanol–water partition coefficient (Wildman–Crippen LogP) is 13.8. The van der Waals surface area contributed by atoms with Crippen LogP contribution in [0.5, 0.6) is 0 Å². The summed E-state index contributed by atoms with van der Waals surface area (Å²) in [6.07, 6.45) is 53.0. The Morgan fingerprint density at radius 3 is 1.37 bits per heavy atom. The number of unbranched alkanes of at least 4 members (excludes halogenated alkanes) is 24. The molecule has 10 nitrogen and oxygen atoms in total. The molecule has 3 unspecified atom stereocenters. The lowest BCUT2D eigenvalue weighted by Gasteiger charge is -2.20. The van der Waals surface area contributed by atoms with E-state index in [4.69, 9.17) is 29.4 Å². The monoisotopic (exact) mass is 868 g/mol. The van der Waals surface area contributed by atoms with Gasteiger partial charge in [0, 0.05) is 13.0 Å². The highest BCUT2D eigenvalue weighted by molar-refractivity contribution is 7.47. The van der Waals surface area contributed by atoms with Gasteiger partial charge >= 0.3 is 19.8 Å². The Bertz CT molecular complexity index is 1140. The van der Waals surface area contributed by atoms with Gasteiger partial charge in [-0.2, -0.15) is 0 Å². The maximum absolute atomic E-state index is 12.7. The third-order valence-electron chi connectivity index (χ3n) is 10.3. The van der Waals surface area contributed by atoms with Gasteiger partial charge in [0.25, 0.3) is 0 Å². The summed E-state index contributed by atoms with van der Waals surface area (Å²) in [5.41, 5.74) is 5.36. The average Bonchev–Trinajstić information content (AvgIpc) is 3.23. The van der Waals surface area contributed by atoms with E-state index in [0.717, 1.165) is 64.2 Å². The topological polar surface area (TPSA) is 155 Å². The molecule has 0 spiro atoms. The zero-order valence-electron chi connectivity index (χ0n) is 38.3. The molecule has 0 bridgehead atoms. The van der Waals surface area contributed by atoms with Crippen molar-refractivity contribution in [3.8, 4) is 0 Å². The van der Waals surface area contributed by atoms with E-state index >= 15 is 0 Å². The fourth-order valence-corrected chi connectivity index (χ4v) is 7.32. The molecular weight excluding hydrogens is 778 g/mol. The lowest BCUT2D eigenvalue weighted by molar-refractivity contribution is -0.154. The summed E-state index contributed by atoms with van der Waals surface area (Å²) < 4.78 is 33.4. The number of phosphoric acid groups is 1. The van der Waals surface area contributed by atoms with E-state index in [1.54, 1.807) is 0 Å². The quantitative estimate of drug-likeness (QED) is 0.0233. The second-order valence-electron chi connectivity index (χ2n) is 16.2. The summed E-state index contributed by atoms with van der Waals surface area (Å²) in [7, 11) is -4.62. The standard InChI is InChI=1S/C49H90NO9P/c1-3-5-7-9-11-13-15-17-19-21-22-23-24-25-26-28-30-32-34-36-38-40-42-56-43-46(44-57-60(54,55)58-45-47(50)49(52)53)59-48(51)41-39-37-35-33-31-29-27-20-18-16-14-12-10-8-6-4-2/h14-17,20-22,27,46-47H,3-13,18-19,23-26,28-45,50H2,1-2H3,(H,52,53)(H,54,55)/b16-14-,17-15-,22-21-,27-20-. The van der Waals surface area contributed by atoms with Gasteiger partial charge in [0.2, 0.25) is 0 Å². The van der Waals surface area contributed by atoms with Crippen LogP contribution in [-0.4, -0.2) is 60.5 Å². The van der Waals surface area contributed by atoms with Crippen LogP contribution in [0, 0.1) is 0 Å². The number of carboxylic acids is 1. The number of hydrogen-bond donors (Lipinski definition) is 3. The molecule has 0 aliphatic heterocycles. The van der Waals surface area contributed by atoms with Gasteiger partial charge in [-0.25, -0.2) is 4.57 Å². The minimum absolute atomic E-state index is 0.00867. The summed E-state index contributed by atoms with van der Waals surface area (Å²) in [4.78, 5) is 33.6. The molecule has 0 radical (unpaired) electrons. The van der Waals surface area contributed by atoms with Crippen LogP contribution >= 0.6 is 7.82 Å². The number of carboxylic acid groups (broad SMARTS) is 1. The van der Waals surface area contributed by atoms with Crippen molar-refractivity contribution in [1.82, 2.24) is 0 Å². The van der Waals surface area contributed by atoms with Crippen molar-refractivity contribution in [2.45, 2.75) is 225 Å². The van der Waals surface area contributed by atoms with Crippen LogP contribution < -0.4 is 5.73 Å². The van der Waals surface area contributed by atoms with Crippen molar-refractivity contribution < 1.29 is 42.7 Å². The fraction of sp³-hybridized carbons (Fsp3) is 0.796. The molecule has 0 aliphatic rings. The molecule has 0 aromatic rings. The highest BCUT2D eigenvalue weighted by Gasteiger charge is 2.27. The summed E-state index contributed by atoms with van der Waals surface area (Å²) in [5, 5.41) is 8.91. The first-order valence-electron chi connectivity index (χ1n) is 24.2. The van der Waals surface area contributed by atoms with Gasteiger partial charge in [-0.15, -0.1) is 0 Å². The fourth-order valence-electron chi connectivity index (χ4n) is 6.55. The third kappa shape index (κ3) is 44.0. The lowest BCUT2D eigenvalue weighted by atomic mass is 10.1. The van der Waals surface area contributed by atoms with E-state index in [2.05, 4.69) is 62.5 Å². The number of rotatable bonds is 46. The third-order valence-corrected chi connectivity index (χ3v) is 11.3. The second kappa shape index (κ2) is 45.0. The van der Waals surface area contributed by atoms with E-state index < -0.39 is 45.1 Å². The van der Waals surface area contributed by atoms with Crippen molar-refractivity contribution >= 4 is 19.8 Å². The highest BCUT2D eigenvalue weighted by Crippen LogP contribution is 2.43. The Morgan fingerprint density at radius 2 is 0.917 bits per heavy atom. The van der Waals surface area contributed by atoms with Crippen molar-refractivity contribution in [3.63, 3.8) is 0 Å². The number of hydrogen-bond acceptors (Lipinski definition) is 8. The number of carbonyl (C=O) groups is 2. The Balaban J connectivity index is 4.18. The smallest absolute Gasteiger partial charge is 0.472 e. The SMILES string of the molecule is CCCCCC/C=C\C/C=C\CCCCCCCC(=O)OC(COCCCCCCCCCCCC/C=C\C/C=C\CCCCCCC)COP(=O)(O)OCC(N)C(=O)O. The number of phosphoric ester groups is 1. The average molecular weight is 868 g/mol. The number of nitrogens with two attached hydrogens (primary N) is 1. The van der Waals surface area contributed by atoms with Crippen LogP contribution in [0.3, 0.4) is 0 Å². The van der Waals surface area contributed by atoms with Crippen LogP contribution in [0.15, 0.2) is 48.6 Å². The van der Waals surface area contributed by atoms with E-state index in [9.17, 15) is 19.0 Å². The first-order valence-corrected chi connectivity index (χ1v) is 25.7. The van der Waals surface area contributed by atoms with E-state index in [-0.39, 0.29) is 13.0 Å². The first-order chi connectivity index (χ1) is 29.2. The summed E-state index contributed by atoms with van der Waals surface area (Å²) in [5.74, 6) is -1.79. The summed E-state index contributed by atoms with van der Waals surface area (Å²) in [6.45, 7) is 3.84. The van der Waals surface area contributed by atoms with E-state index in [1.165, 1.54) is 122 Å². The molecule has 0 fully saturated rings. The molecule has 0 rings (SSSR count). The number of ether oxygens (including phenoxy) is 2. The lowest BCUT2D eigenvalue weighted by Crippen LogP contribution is -2.34. The van der Waals surface area contributed by atoms with Crippen LogP contribution in [0.1, 0.15) is 213 Å². The van der Waals surface area contributed by atoms with Gasteiger partial charge in [-0.05, 0) is 77.0 Å². The van der Waals surface area contributed by atoms with Gasteiger partial charge < -0.3 is 25.2 Å². The van der Waals surface area contributed by atoms with Gasteiger partial charge in [-0.1, -0.05) is 178 Å². The minimum atomic E-state index is -4.62. The maximum atomic E-state index is 12.7. The second-order valence-corrected chi connectivity index (χ2v) is 17.7. The van der Waals surface area contributed by atoms with Gasteiger partial charge in [0.15, 0.2) is 0 Å². The molecular formula is C49H90NO9P. The van der Waals surface area contributed by atoms with Crippen LogP contribution in [0.25, 0.3) is 0 Å². The Labute approximate surface area is 367 Å². The molecule has 0 amide bonds. The van der Waals surface area contributed by atoms with E-state index in [0.29, 0.717) is 13.0 Å². The highest BCUT2D eigenvalue weighted by atomic mass is 31.2. The molecule has 0 saturated carbocycles. The molecule has 4 N–H and O–H groups in total. The molecule has 0 aliphatic carbocycles. The first kappa shape index (κ1) is 57.9. The Kier molecular flexibility index (Phi) is 43.4. The van der Waals surface area contributed by atoms with Crippen LogP contribution in [0.2, 0.25) is 0 Å². The Morgan fingerprint density at radius 1 is 0.533 bits per heavy atom. The number of carbonyl (C=O) groups excluding carboxylic acids is 1. The molecule has 350 valence electrons. The molecule has 0 aromatic heterocycles. The van der Waals surface area contributed by atoms with Crippen molar-refractivity contribution in [1.29, 1.82) is 0 Å². The summed E-state index contributed by atoms with van der Waals surface area (Å²) in [6, 6.07) is -1.48. The molecule has 0 saturated heterocycles. The molecule has 0 heterocycles. The molecule has 11 heteroatoms. The minimum Gasteiger partial charge on any atom is -0.480 e. The predicted molar refractivity (Wildman–Crippen MR) is 249 cm³/mol. The number of esters is 1. The van der Waals surface area contributed by atoms with Gasteiger partial charge in [0.05, 0.1) is 19.8 Å². The normalized spacial score (nSPS) is 14.2. The molecule has 0 aromatic carbocycles. The molecule has 60 heavy (non-hydrogen) atoms. The van der Waals surface area contributed by atoms with Gasteiger partial charge in [0.1, 0.15) is 12.1 Å². The molecule has 3 atom stereocenters. The van der Waals surface area contributed by atoms with Gasteiger partial charge in [-0.3, -0.25) is 18.6 Å². The Hall–Kier alpha value is -2.07. The van der Waals surface area contributed by atoms with Crippen molar-refractivity contribution in [3.05, 3.63) is 48.6 Å². The number of allylic oxidation sites excluding steroid dienone is 8. The zero-order valence-corrected chi connectivity index (χ0v) is 39.2.